The van der Waals surface area contributed by atoms with Crippen molar-refractivity contribution in [2.75, 3.05) is 12.4 Å². The van der Waals surface area contributed by atoms with Gasteiger partial charge in [0.1, 0.15) is 5.75 Å². The fraction of sp³-hybridized carbons (Fsp3) is 0.154. The number of hydrogen-bond acceptors (Lipinski definition) is 6. The van der Waals surface area contributed by atoms with Gasteiger partial charge in [0.2, 0.25) is 0 Å². The minimum absolute atomic E-state index is 0.212. The van der Waals surface area contributed by atoms with Crippen LogP contribution >= 0.6 is 11.3 Å². The van der Waals surface area contributed by atoms with Gasteiger partial charge in [0.15, 0.2) is 4.80 Å². The molecule has 3 heterocycles. The van der Waals surface area contributed by atoms with Crippen LogP contribution < -0.4 is 24.9 Å². The summed E-state index contributed by atoms with van der Waals surface area (Å²) >= 11 is 1.29. The highest BCUT2D eigenvalue weighted by Gasteiger charge is 2.32. The van der Waals surface area contributed by atoms with Crippen LogP contribution in [0.5, 0.6) is 5.75 Å². The maximum atomic E-state index is 13.6. The van der Waals surface area contributed by atoms with Crippen molar-refractivity contribution in [1.82, 2.24) is 14.3 Å². The fourth-order valence-corrected chi connectivity index (χ4v) is 5.15. The number of allylic oxidation sites excluding steroid dienone is 1. The lowest BCUT2D eigenvalue weighted by atomic mass is 9.95. The molecular weight excluding hydrogens is 462 g/mol. The molecule has 0 aliphatic carbocycles. The summed E-state index contributed by atoms with van der Waals surface area (Å²) in [7, 11) is 3.42. The molecule has 0 spiro atoms. The van der Waals surface area contributed by atoms with Crippen LogP contribution in [0.4, 0.5) is 5.69 Å². The first-order valence-electron chi connectivity index (χ1n) is 11.0. The van der Waals surface area contributed by atoms with Crippen molar-refractivity contribution < 1.29 is 9.53 Å². The smallest absolute Gasteiger partial charge is 0.271 e. The van der Waals surface area contributed by atoms with Crippen LogP contribution in [0.25, 0.3) is 6.08 Å². The molecule has 0 saturated heterocycles. The number of aryl methyl sites for hydroxylation is 1. The number of ether oxygens (including phenoxy) is 1. The van der Waals surface area contributed by atoms with E-state index in [4.69, 9.17) is 4.74 Å². The highest BCUT2D eigenvalue weighted by molar-refractivity contribution is 7.07. The SMILES string of the molecule is COc1ccc([C@H]2C(C(=O)Nc3ccccc3)=C(C)N=c3s/c(=C/c4cnn(C)c4)c(=O)n32)cc1. The van der Waals surface area contributed by atoms with Gasteiger partial charge in [0.25, 0.3) is 11.5 Å². The van der Waals surface area contributed by atoms with Crippen LogP contribution in [0, 0.1) is 0 Å². The lowest BCUT2D eigenvalue weighted by molar-refractivity contribution is -0.113. The van der Waals surface area contributed by atoms with Gasteiger partial charge in [-0.3, -0.25) is 18.8 Å². The standard InChI is InChI=1S/C26H23N5O3S/c1-16-22(24(32)29-19-7-5-4-6-8-19)23(18-9-11-20(34-3)12-10-18)31-25(33)21(35-26(31)28-16)13-17-14-27-30(2)15-17/h4-15,23H,1-3H3,(H,29,32)/b21-13+/t23-/m0/s1. The molecule has 8 nitrogen and oxygen atoms in total. The van der Waals surface area contributed by atoms with Gasteiger partial charge in [-0.05, 0) is 42.8 Å². The summed E-state index contributed by atoms with van der Waals surface area (Å²) in [5.41, 5.74) is 3.04. The van der Waals surface area contributed by atoms with E-state index in [0.717, 1.165) is 11.1 Å². The number of hydrogen-bond donors (Lipinski definition) is 1. The first kappa shape index (κ1) is 22.5. The molecule has 176 valence electrons. The van der Waals surface area contributed by atoms with Crippen LogP contribution in [0.2, 0.25) is 0 Å². The van der Waals surface area contributed by atoms with Crippen LogP contribution in [-0.4, -0.2) is 27.4 Å². The molecule has 1 aliphatic rings. The first-order valence-corrected chi connectivity index (χ1v) is 11.8. The lowest BCUT2D eigenvalue weighted by Crippen LogP contribution is -2.40. The van der Waals surface area contributed by atoms with E-state index in [1.165, 1.54) is 11.3 Å². The average molecular weight is 486 g/mol. The van der Waals surface area contributed by atoms with Crippen molar-refractivity contribution in [2.24, 2.45) is 12.0 Å². The summed E-state index contributed by atoms with van der Waals surface area (Å²) < 4.78 is 9.11. The van der Waals surface area contributed by atoms with Gasteiger partial charge < -0.3 is 10.1 Å². The summed E-state index contributed by atoms with van der Waals surface area (Å²) in [6.45, 7) is 1.80. The van der Waals surface area contributed by atoms with Gasteiger partial charge in [-0.25, -0.2) is 4.99 Å². The maximum absolute atomic E-state index is 13.6. The number of para-hydroxylation sites is 1. The van der Waals surface area contributed by atoms with E-state index in [0.29, 0.717) is 32.0 Å². The number of anilines is 1. The topological polar surface area (TPSA) is 90.5 Å². The Bertz CT molecular complexity index is 1610. The van der Waals surface area contributed by atoms with Crippen LogP contribution in [0.1, 0.15) is 24.1 Å². The van der Waals surface area contributed by atoms with Crippen molar-refractivity contribution in [3.05, 3.63) is 109 Å². The van der Waals surface area contributed by atoms with Crippen molar-refractivity contribution in [2.45, 2.75) is 13.0 Å². The summed E-state index contributed by atoms with van der Waals surface area (Å²) in [5, 5.41) is 7.13. The zero-order valence-electron chi connectivity index (χ0n) is 19.4. The van der Waals surface area contributed by atoms with E-state index in [9.17, 15) is 9.59 Å². The molecule has 1 amide bonds. The molecule has 0 saturated carbocycles. The van der Waals surface area contributed by atoms with E-state index < -0.39 is 6.04 Å². The number of carbonyl (C=O) groups is 1. The van der Waals surface area contributed by atoms with Crippen LogP contribution in [-0.2, 0) is 11.8 Å². The molecule has 1 atom stereocenters. The van der Waals surface area contributed by atoms with Crippen LogP contribution in [0.15, 0.2) is 88.0 Å². The predicted octanol–water partition coefficient (Wildman–Crippen LogP) is 2.62. The molecule has 5 rings (SSSR count). The molecule has 0 unspecified atom stereocenters. The Balaban J connectivity index is 1.67. The van der Waals surface area contributed by atoms with E-state index in [2.05, 4.69) is 15.4 Å². The fourth-order valence-electron chi connectivity index (χ4n) is 4.10. The monoisotopic (exact) mass is 485 g/mol. The predicted molar refractivity (Wildman–Crippen MR) is 135 cm³/mol. The number of nitrogens with zero attached hydrogens (tertiary/aromatic N) is 4. The Labute approximate surface area is 205 Å². The molecule has 35 heavy (non-hydrogen) atoms. The number of carbonyl (C=O) groups excluding carboxylic acids is 1. The molecule has 1 N–H and O–H groups in total. The van der Waals surface area contributed by atoms with E-state index in [-0.39, 0.29) is 11.5 Å². The second kappa shape index (κ2) is 9.19. The van der Waals surface area contributed by atoms with E-state index in [1.54, 1.807) is 35.6 Å². The minimum Gasteiger partial charge on any atom is -0.497 e. The molecule has 0 fully saturated rings. The van der Waals surface area contributed by atoms with E-state index >= 15 is 0 Å². The number of fused-ring (bicyclic) bond motifs is 1. The third-order valence-electron chi connectivity index (χ3n) is 5.75. The Morgan fingerprint density at radius 3 is 2.54 bits per heavy atom. The maximum Gasteiger partial charge on any atom is 0.271 e. The lowest BCUT2D eigenvalue weighted by Gasteiger charge is -2.25. The molecule has 9 heteroatoms. The molecule has 4 aromatic rings. The highest BCUT2D eigenvalue weighted by Crippen LogP contribution is 2.31. The summed E-state index contributed by atoms with van der Waals surface area (Å²) in [6, 6.07) is 16.0. The second-order valence-electron chi connectivity index (χ2n) is 8.12. The Morgan fingerprint density at radius 1 is 1.14 bits per heavy atom. The van der Waals surface area contributed by atoms with Gasteiger partial charge in [0.05, 0.1) is 35.2 Å². The largest absolute Gasteiger partial charge is 0.497 e. The van der Waals surface area contributed by atoms with Crippen LogP contribution in [0.3, 0.4) is 0 Å². The van der Waals surface area contributed by atoms with Gasteiger partial charge in [-0.1, -0.05) is 41.7 Å². The third-order valence-corrected chi connectivity index (χ3v) is 6.74. The van der Waals surface area contributed by atoms with Gasteiger partial charge in [-0.15, -0.1) is 0 Å². The van der Waals surface area contributed by atoms with Crippen molar-refractivity contribution in [3.63, 3.8) is 0 Å². The number of nitrogens with one attached hydrogen (secondary N) is 1. The number of aromatic nitrogens is 3. The summed E-state index contributed by atoms with van der Waals surface area (Å²) in [5.74, 6) is 0.383. The van der Waals surface area contributed by atoms with Gasteiger partial charge in [-0.2, -0.15) is 5.10 Å². The molecule has 2 aromatic heterocycles. The molecule has 0 radical (unpaired) electrons. The zero-order valence-corrected chi connectivity index (χ0v) is 20.2. The molecule has 2 aromatic carbocycles. The van der Waals surface area contributed by atoms with Crippen molar-refractivity contribution in [1.29, 1.82) is 0 Å². The number of benzene rings is 2. The number of amides is 1. The van der Waals surface area contributed by atoms with Gasteiger partial charge in [0, 0.05) is 24.5 Å². The minimum atomic E-state index is -0.642. The number of methoxy groups -OCH3 is 1. The Hall–Kier alpha value is -4.24. The number of thiazole rings is 1. The van der Waals surface area contributed by atoms with E-state index in [1.807, 2.05) is 67.8 Å². The molecule has 1 aliphatic heterocycles. The summed E-state index contributed by atoms with van der Waals surface area (Å²) in [4.78, 5) is 32.4. The van der Waals surface area contributed by atoms with Gasteiger partial charge >= 0.3 is 0 Å². The second-order valence-corrected chi connectivity index (χ2v) is 9.13. The Morgan fingerprint density at radius 2 is 1.89 bits per heavy atom. The van der Waals surface area contributed by atoms with Crippen molar-refractivity contribution >= 4 is 29.0 Å². The van der Waals surface area contributed by atoms with Crippen molar-refractivity contribution in [3.8, 4) is 5.75 Å². The quantitative estimate of drug-likeness (QED) is 0.471. The summed E-state index contributed by atoms with van der Waals surface area (Å²) in [6.07, 6.45) is 5.33. The Kier molecular flexibility index (Phi) is 5.92. The average Bonchev–Trinajstić information content (AvgIpc) is 3.41. The highest BCUT2D eigenvalue weighted by atomic mass is 32.1. The number of rotatable bonds is 5. The molecular formula is C26H23N5O3S. The zero-order chi connectivity index (χ0) is 24.5. The third kappa shape index (κ3) is 4.33. The normalized spacial score (nSPS) is 15.5. The molecule has 0 bridgehead atoms. The first-order chi connectivity index (χ1) is 16.9.